The molecule has 4 rings (SSSR count). The number of benzene rings is 3. The van der Waals surface area contributed by atoms with E-state index in [-0.39, 0.29) is 21.4 Å². The van der Waals surface area contributed by atoms with Gasteiger partial charge in [0.2, 0.25) is 11.6 Å². The lowest BCUT2D eigenvalue weighted by Crippen LogP contribution is -2.64. The first kappa shape index (κ1) is 28.5. The van der Waals surface area contributed by atoms with Gasteiger partial charge in [0.15, 0.2) is 0 Å². The zero-order chi connectivity index (χ0) is 27.0. The van der Waals surface area contributed by atoms with E-state index in [0.717, 1.165) is 18.1 Å². The molecule has 1 aliphatic rings. The SMILES string of the molecule is CC(=O)NC1(Nc2ccccc2)C(=O)N(c2c(Cl)cc(Cl)cc2Cl)N=C1c1ccccc1.CCNCC. The molecular formula is C27H28Cl3N5O2. The van der Waals surface area contributed by atoms with E-state index >= 15 is 0 Å². The van der Waals surface area contributed by atoms with Crippen LogP contribution in [0.1, 0.15) is 26.3 Å². The summed E-state index contributed by atoms with van der Waals surface area (Å²) in [5.41, 5.74) is -0.0292. The highest BCUT2D eigenvalue weighted by atomic mass is 35.5. The summed E-state index contributed by atoms with van der Waals surface area (Å²) in [5.74, 6) is -1.01. The van der Waals surface area contributed by atoms with Crippen LogP contribution in [0, 0.1) is 0 Å². The number of anilines is 2. The van der Waals surface area contributed by atoms with E-state index in [1.54, 1.807) is 24.3 Å². The van der Waals surface area contributed by atoms with Crippen LogP contribution in [0.25, 0.3) is 0 Å². The van der Waals surface area contributed by atoms with Crippen LogP contribution in [0.3, 0.4) is 0 Å². The fourth-order valence-electron chi connectivity index (χ4n) is 3.75. The molecule has 2 amide bonds. The van der Waals surface area contributed by atoms with Gasteiger partial charge in [-0.1, -0.05) is 97.2 Å². The Bertz CT molecular complexity index is 1250. The molecule has 37 heavy (non-hydrogen) atoms. The molecule has 194 valence electrons. The number of hydrogen-bond donors (Lipinski definition) is 3. The molecular weight excluding hydrogens is 533 g/mol. The number of hydrogen-bond acceptors (Lipinski definition) is 5. The summed E-state index contributed by atoms with van der Waals surface area (Å²) in [5, 5.41) is 15.3. The summed E-state index contributed by atoms with van der Waals surface area (Å²) in [6.45, 7) is 7.72. The van der Waals surface area contributed by atoms with Crippen LogP contribution in [0.5, 0.6) is 0 Å². The number of carbonyl (C=O) groups is 2. The van der Waals surface area contributed by atoms with E-state index in [2.05, 4.69) is 34.9 Å². The van der Waals surface area contributed by atoms with E-state index in [0.29, 0.717) is 16.3 Å². The van der Waals surface area contributed by atoms with Crippen molar-refractivity contribution in [2.75, 3.05) is 23.4 Å². The second kappa shape index (κ2) is 12.9. The van der Waals surface area contributed by atoms with Crippen LogP contribution >= 0.6 is 34.8 Å². The van der Waals surface area contributed by atoms with E-state index in [1.165, 1.54) is 19.1 Å². The average molecular weight is 561 g/mol. The Morgan fingerprint density at radius 1 is 0.919 bits per heavy atom. The molecule has 0 fully saturated rings. The third kappa shape index (κ3) is 6.62. The Morgan fingerprint density at radius 3 is 1.95 bits per heavy atom. The van der Waals surface area contributed by atoms with Gasteiger partial charge >= 0.3 is 5.91 Å². The molecule has 0 aliphatic carbocycles. The normalized spacial score (nSPS) is 16.5. The number of hydrazone groups is 1. The quantitative estimate of drug-likeness (QED) is 0.311. The average Bonchev–Trinajstić information content (AvgIpc) is 3.11. The highest BCUT2D eigenvalue weighted by Crippen LogP contribution is 2.40. The molecule has 7 nitrogen and oxygen atoms in total. The Morgan fingerprint density at radius 2 is 1.46 bits per heavy atom. The molecule has 0 saturated heterocycles. The van der Waals surface area contributed by atoms with Crippen molar-refractivity contribution < 1.29 is 9.59 Å². The van der Waals surface area contributed by atoms with Crippen LogP contribution in [0.15, 0.2) is 77.9 Å². The topological polar surface area (TPSA) is 85.8 Å². The Balaban J connectivity index is 0.000000695. The molecule has 1 unspecified atom stereocenters. The smallest absolute Gasteiger partial charge is 0.300 e. The van der Waals surface area contributed by atoms with Crippen LogP contribution in [0.4, 0.5) is 11.4 Å². The molecule has 1 aliphatic heterocycles. The third-order valence-electron chi connectivity index (χ3n) is 5.28. The molecule has 0 spiro atoms. The molecule has 3 aromatic carbocycles. The molecule has 3 N–H and O–H groups in total. The lowest BCUT2D eigenvalue weighted by Gasteiger charge is -2.32. The van der Waals surface area contributed by atoms with Crippen LogP contribution in [-0.2, 0) is 9.59 Å². The van der Waals surface area contributed by atoms with E-state index in [4.69, 9.17) is 34.8 Å². The predicted molar refractivity (Wildman–Crippen MR) is 153 cm³/mol. The monoisotopic (exact) mass is 559 g/mol. The zero-order valence-electron chi connectivity index (χ0n) is 20.7. The fraction of sp³-hybridized carbons (Fsp3) is 0.222. The minimum absolute atomic E-state index is 0.144. The van der Waals surface area contributed by atoms with Gasteiger partial charge < -0.3 is 16.0 Å². The van der Waals surface area contributed by atoms with Crippen molar-refractivity contribution in [1.29, 1.82) is 0 Å². The van der Waals surface area contributed by atoms with Gasteiger partial charge in [-0.25, -0.2) is 0 Å². The molecule has 1 atom stereocenters. The minimum atomic E-state index is -1.71. The number of carbonyl (C=O) groups excluding carboxylic acids is 2. The summed E-state index contributed by atoms with van der Waals surface area (Å²) in [6, 6.07) is 21.0. The predicted octanol–water partition coefficient (Wildman–Crippen LogP) is 5.96. The Hall–Kier alpha value is -3.10. The largest absolute Gasteiger partial charge is 0.350 e. The van der Waals surface area contributed by atoms with Gasteiger partial charge in [0, 0.05) is 23.2 Å². The van der Waals surface area contributed by atoms with Crippen molar-refractivity contribution in [3.63, 3.8) is 0 Å². The summed E-state index contributed by atoms with van der Waals surface area (Å²) < 4.78 is 0. The maximum atomic E-state index is 13.9. The molecule has 0 aromatic heterocycles. The maximum Gasteiger partial charge on any atom is 0.300 e. The molecule has 1 heterocycles. The first-order chi connectivity index (χ1) is 17.7. The summed E-state index contributed by atoms with van der Waals surface area (Å²) >= 11 is 18.8. The van der Waals surface area contributed by atoms with Crippen LogP contribution in [-0.4, -0.2) is 36.3 Å². The highest BCUT2D eigenvalue weighted by molar-refractivity contribution is 6.43. The highest BCUT2D eigenvalue weighted by Gasteiger charge is 2.54. The van der Waals surface area contributed by atoms with Gasteiger partial charge in [0.1, 0.15) is 11.4 Å². The van der Waals surface area contributed by atoms with Crippen molar-refractivity contribution in [3.8, 4) is 0 Å². The fourth-order valence-corrected chi connectivity index (χ4v) is 4.72. The summed E-state index contributed by atoms with van der Waals surface area (Å²) in [7, 11) is 0. The number of amides is 2. The first-order valence-corrected chi connectivity index (χ1v) is 12.8. The number of halogens is 3. The number of para-hydroxylation sites is 1. The van der Waals surface area contributed by atoms with Crippen molar-refractivity contribution in [1.82, 2.24) is 10.6 Å². The number of nitrogens with zero attached hydrogens (tertiary/aromatic N) is 2. The van der Waals surface area contributed by atoms with Gasteiger partial charge in [-0.05, 0) is 37.4 Å². The summed E-state index contributed by atoms with van der Waals surface area (Å²) in [4.78, 5) is 26.2. The standard InChI is InChI=1S/C23H17Cl3N4O2.C4H11N/c1-14(31)27-23(28-17-10-6-3-7-11-17)21(15-8-4-2-5-9-15)29-30(22(23)32)20-18(25)12-16(24)13-19(20)26;1-3-5-4-2/h2-13,28H,1H3,(H,27,31);5H,3-4H2,1-2H3. The van der Waals surface area contributed by atoms with E-state index < -0.39 is 17.5 Å². The Kier molecular flexibility index (Phi) is 9.94. The van der Waals surface area contributed by atoms with Crippen LogP contribution in [0.2, 0.25) is 15.1 Å². The number of rotatable bonds is 7. The van der Waals surface area contributed by atoms with Gasteiger partial charge in [0.25, 0.3) is 0 Å². The second-order valence-electron chi connectivity index (χ2n) is 8.03. The van der Waals surface area contributed by atoms with Crippen molar-refractivity contribution >= 4 is 63.7 Å². The van der Waals surface area contributed by atoms with Gasteiger partial charge in [0.05, 0.1) is 10.0 Å². The lowest BCUT2D eigenvalue weighted by molar-refractivity contribution is -0.127. The van der Waals surface area contributed by atoms with Gasteiger partial charge in [-0.15, -0.1) is 0 Å². The first-order valence-electron chi connectivity index (χ1n) is 11.7. The molecule has 10 heteroatoms. The van der Waals surface area contributed by atoms with Crippen molar-refractivity contribution in [3.05, 3.63) is 93.4 Å². The lowest BCUT2D eigenvalue weighted by atomic mass is 9.95. The van der Waals surface area contributed by atoms with Crippen LogP contribution < -0.4 is 21.0 Å². The summed E-state index contributed by atoms with van der Waals surface area (Å²) in [6.07, 6.45) is 0. The maximum absolute atomic E-state index is 13.9. The Labute approximate surface area is 231 Å². The molecule has 0 bridgehead atoms. The third-order valence-corrected chi connectivity index (χ3v) is 6.07. The molecule has 3 aromatic rings. The second-order valence-corrected chi connectivity index (χ2v) is 9.28. The molecule has 0 radical (unpaired) electrons. The minimum Gasteiger partial charge on any atom is -0.350 e. The van der Waals surface area contributed by atoms with E-state index in [1.807, 2.05) is 36.4 Å². The number of nitrogens with one attached hydrogen (secondary N) is 3. The van der Waals surface area contributed by atoms with Crippen molar-refractivity contribution in [2.45, 2.75) is 26.4 Å². The van der Waals surface area contributed by atoms with E-state index in [9.17, 15) is 9.59 Å². The van der Waals surface area contributed by atoms with Crippen molar-refractivity contribution in [2.24, 2.45) is 5.10 Å². The van der Waals surface area contributed by atoms with Gasteiger partial charge in [-0.3, -0.25) is 9.59 Å². The molecule has 0 saturated carbocycles. The van der Waals surface area contributed by atoms with Gasteiger partial charge in [-0.2, -0.15) is 10.1 Å². The zero-order valence-corrected chi connectivity index (χ0v) is 23.0.